The van der Waals surface area contributed by atoms with E-state index < -0.39 is 15.7 Å². The summed E-state index contributed by atoms with van der Waals surface area (Å²) in [4.78, 5) is 30.8. The molecular weight excluding hydrogens is 502 g/mol. The van der Waals surface area contributed by atoms with Gasteiger partial charge in [0.25, 0.3) is 16.0 Å². The van der Waals surface area contributed by atoms with E-state index in [1.165, 1.54) is 19.5 Å². The van der Waals surface area contributed by atoms with Crippen molar-refractivity contribution in [1.82, 2.24) is 15.0 Å². The molecule has 0 aromatic carbocycles. The quantitative estimate of drug-likeness (QED) is 0.249. The number of nitrogens with one attached hydrogen (secondary N) is 1. The molecule has 0 radical (unpaired) electrons. The maximum atomic E-state index is 12.4. The van der Waals surface area contributed by atoms with Crippen molar-refractivity contribution in [2.45, 2.75) is 43.7 Å². The van der Waals surface area contributed by atoms with Gasteiger partial charge >= 0.3 is 5.97 Å². The zero-order valence-corrected chi connectivity index (χ0v) is 21.6. The molecule has 2 aliphatic rings. The Hall–Kier alpha value is -3.39. The lowest BCUT2D eigenvalue weighted by atomic mass is 9.89. The first-order valence-corrected chi connectivity index (χ1v) is 13.4. The third-order valence-electron chi connectivity index (χ3n) is 6.73. The molecule has 0 saturated heterocycles. The molecule has 196 valence electrons. The van der Waals surface area contributed by atoms with Crippen molar-refractivity contribution in [2.75, 3.05) is 25.3 Å². The van der Waals surface area contributed by atoms with Crippen LogP contribution in [0.2, 0.25) is 0 Å². The number of nitrogens with two attached hydrogens (primary N) is 1. The number of anilines is 2. The number of fused-ring (bicyclic) bond motifs is 3. The average Bonchev–Trinajstić information content (AvgIpc) is 3.62. The van der Waals surface area contributed by atoms with E-state index in [9.17, 15) is 13.2 Å². The van der Waals surface area contributed by atoms with Crippen molar-refractivity contribution in [3.05, 3.63) is 47.4 Å². The van der Waals surface area contributed by atoms with Crippen LogP contribution in [0.25, 0.3) is 10.8 Å². The number of rotatable bonds is 8. The van der Waals surface area contributed by atoms with Crippen molar-refractivity contribution in [3.8, 4) is 5.88 Å². The van der Waals surface area contributed by atoms with Gasteiger partial charge in [-0.1, -0.05) is 4.33 Å². The zero-order valence-electron chi connectivity index (χ0n) is 20.8. The molecule has 13 heteroatoms. The molecule has 1 spiro atoms. The van der Waals surface area contributed by atoms with Crippen LogP contribution in [0, 0.1) is 0 Å². The highest BCUT2D eigenvalue weighted by atomic mass is 32.2. The first-order valence-electron chi connectivity index (χ1n) is 11.6. The molecule has 3 aromatic rings. The topological polar surface area (TPSA) is 165 Å². The first-order chi connectivity index (χ1) is 17.4. The fourth-order valence-electron chi connectivity index (χ4n) is 4.68. The van der Waals surface area contributed by atoms with Gasteiger partial charge in [-0.05, 0) is 50.3 Å². The van der Waals surface area contributed by atoms with Crippen molar-refractivity contribution < 1.29 is 31.9 Å². The average molecular weight is 530 g/mol. The second-order valence-electron chi connectivity index (χ2n) is 9.72. The molecular formula is C24H27N5O7S. The van der Waals surface area contributed by atoms with Crippen LogP contribution in [0.3, 0.4) is 0 Å². The highest BCUT2D eigenvalue weighted by Gasteiger charge is 2.56. The van der Waals surface area contributed by atoms with Crippen molar-refractivity contribution in [1.29, 1.82) is 0 Å². The van der Waals surface area contributed by atoms with Crippen LogP contribution in [0.1, 0.15) is 48.3 Å². The van der Waals surface area contributed by atoms with Gasteiger partial charge in [-0.15, -0.1) is 0 Å². The second kappa shape index (κ2) is 8.87. The van der Waals surface area contributed by atoms with Gasteiger partial charge in [0.2, 0.25) is 0 Å². The summed E-state index contributed by atoms with van der Waals surface area (Å²) in [7, 11) is -2.35. The molecule has 0 amide bonds. The Balaban J connectivity index is 1.55. The van der Waals surface area contributed by atoms with Gasteiger partial charge in [-0.25, -0.2) is 19.7 Å². The Labute approximate surface area is 213 Å². The highest BCUT2D eigenvalue weighted by Crippen LogP contribution is 2.54. The summed E-state index contributed by atoms with van der Waals surface area (Å²) in [6.45, 7) is 3.87. The highest BCUT2D eigenvalue weighted by molar-refractivity contribution is 7.85. The second-order valence-corrected chi connectivity index (χ2v) is 11.3. The van der Waals surface area contributed by atoms with Gasteiger partial charge in [0.05, 0.1) is 40.5 Å². The lowest BCUT2D eigenvalue weighted by molar-refractivity contribution is -0.0944. The molecule has 37 heavy (non-hydrogen) atoms. The zero-order chi connectivity index (χ0) is 26.6. The molecule has 1 fully saturated rings. The van der Waals surface area contributed by atoms with E-state index in [0.717, 1.165) is 24.8 Å². The SMILES string of the molecule is COC[C@@](C)(N)c1cnc(OOS(C)(=O)=O)c2cnc(Nc3ccc4c(n3)C3(CC3)[C@H](C)OC4=O)cc12. The summed E-state index contributed by atoms with van der Waals surface area (Å²) in [6, 6.07) is 5.13. The summed E-state index contributed by atoms with van der Waals surface area (Å²) in [5, 5.41) is 4.17. The van der Waals surface area contributed by atoms with E-state index in [1.807, 2.05) is 6.92 Å². The molecule has 1 saturated carbocycles. The normalized spacial score (nSPS) is 19.7. The minimum Gasteiger partial charge on any atom is -0.458 e. The number of aromatic nitrogens is 3. The minimum absolute atomic E-state index is 0.0912. The Morgan fingerprint density at radius 3 is 2.65 bits per heavy atom. The number of ether oxygens (including phenoxy) is 2. The van der Waals surface area contributed by atoms with Gasteiger partial charge in [-0.2, -0.15) is 8.42 Å². The number of nitrogens with zero attached hydrogens (tertiary/aromatic N) is 3. The standard InChI is InChI=1S/C24H27N5O7S/c1-13-24(7-8-24)20-14(22(30)34-13)5-6-18(29-20)28-19-9-15-16(10-26-19)21(35-36-37(4,31)32)27-11-17(15)23(2,25)12-33-3/h5-6,9-11,13H,7-8,12,25H2,1-4H3,(H,26,28,29)/t13-,23+/m0/s1. The van der Waals surface area contributed by atoms with Gasteiger partial charge < -0.3 is 20.5 Å². The smallest absolute Gasteiger partial charge is 0.340 e. The number of hydrogen-bond acceptors (Lipinski definition) is 12. The summed E-state index contributed by atoms with van der Waals surface area (Å²) in [6.07, 6.45) is 5.38. The third-order valence-corrected chi connectivity index (χ3v) is 7.04. The third kappa shape index (κ3) is 4.70. The lowest BCUT2D eigenvalue weighted by Crippen LogP contribution is -2.38. The number of carbonyl (C=O) groups excluding carboxylic acids is 1. The Kier molecular flexibility index (Phi) is 6.06. The number of cyclic esters (lactones) is 1. The van der Waals surface area contributed by atoms with Gasteiger partial charge in [-0.3, -0.25) is 4.89 Å². The van der Waals surface area contributed by atoms with Crippen LogP contribution >= 0.6 is 0 Å². The molecule has 1 aliphatic carbocycles. The molecule has 3 N–H and O–H groups in total. The molecule has 0 bridgehead atoms. The molecule has 12 nitrogen and oxygen atoms in total. The van der Waals surface area contributed by atoms with E-state index in [2.05, 4.69) is 19.6 Å². The Morgan fingerprint density at radius 1 is 1.22 bits per heavy atom. The Morgan fingerprint density at radius 2 is 1.97 bits per heavy atom. The molecule has 1 aliphatic heterocycles. The molecule has 3 aromatic heterocycles. The van der Waals surface area contributed by atoms with E-state index >= 15 is 0 Å². The molecule has 2 atom stereocenters. The maximum Gasteiger partial charge on any atom is 0.340 e. The fourth-order valence-corrected chi connectivity index (χ4v) is 4.87. The Bertz CT molecular complexity index is 1500. The van der Waals surface area contributed by atoms with Crippen LogP contribution < -0.4 is 15.9 Å². The van der Waals surface area contributed by atoms with E-state index in [1.54, 1.807) is 25.1 Å². The van der Waals surface area contributed by atoms with E-state index in [0.29, 0.717) is 33.5 Å². The maximum absolute atomic E-state index is 12.4. The summed E-state index contributed by atoms with van der Waals surface area (Å²) in [5.74, 6) is 0.487. The van der Waals surface area contributed by atoms with Crippen LogP contribution in [-0.4, -0.2) is 55.4 Å². The lowest BCUT2D eigenvalue weighted by Gasteiger charge is -2.30. The number of methoxy groups -OCH3 is 1. The predicted molar refractivity (Wildman–Crippen MR) is 133 cm³/mol. The minimum atomic E-state index is -3.89. The number of hydrogen-bond donors (Lipinski definition) is 2. The van der Waals surface area contributed by atoms with Crippen molar-refractivity contribution >= 4 is 38.5 Å². The van der Waals surface area contributed by atoms with Crippen LogP contribution in [0.5, 0.6) is 5.88 Å². The van der Waals surface area contributed by atoms with Crippen LogP contribution in [0.15, 0.2) is 30.6 Å². The van der Waals surface area contributed by atoms with Crippen molar-refractivity contribution in [2.24, 2.45) is 5.73 Å². The summed E-state index contributed by atoms with van der Waals surface area (Å²) in [5.41, 5.74) is 7.17. The summed E-state index contributed by atoms with van der Waals surface area (Å²) < 4.78 is 38.1. The van der Waals surface area contributed by atoms with Crippen LogP contribution in [-0.2, 0) is 34.9 Å². The van der Waals surface area contributed by atoms with Crippen LogP contribution in [0.4, 0.5) is 11.6 Å². The van der Waals surface area contributed by atoms with E-state index in [-0.39, 0.29) is 30.0 Å². The van der Waals surface area contributed by atoms with Gasteiger partial charge in [0.15, 0.2) is 0 Å². The molecule has 4 heterocycles. The first kappa shape index (κ1) is 25.3. The number of pyridine rings is 3. The van der Waals surface area contributed by atoms with Crippen molar-refractivity contribution in [3.63, 3.8) is 0 Å². The number of esters is 1. The largest absolute Gasteiger partial charge is 0.458 e. The molecule has 0 unspecified atom stereocenters. The molecule has 5 rings (SSSR count). The van der Waals surface area contributed by atoms with E-state index in [4.69, 9.17) is 25.1 Å². The summed E-state index contributed by atoms with van der Waals surface area (Å²) >= 11 is 0. The number of carbonyl (C=O) groups is 1. The predicted octanol–water partition coefficient (Wildman–Crippen LogP) is 2.45. The monoisotopic (exact) mass is 529 g/mol. The fraction of sp³-hybridized carbons (Fsp3) is 0.417. The van der Waals surface area contributed by atoms with Gasteiger partial charge in [0.1, 0.15) is 17.7 Å². The van der Waals surface area contributed by atoms with Gasteiger partial charge in [0, 0.05) is 25.1 Å².